The summed E-state index contributed by atoms with van der Waals surface area (Å²) in [4.78, 5) is 37.9. The number of benzene rings is 2. The number of carbonyl (C=O) groups is 3. The third kappa shape index (κ3) is 5.22. The molecule has 0 saturated carbocycles. The van der Waals surface area contributed by atoms with E-state index in [1.807, 2.05) is 6.07 Å². The molecule has 3 amide bonds. The van der Waals surface area contributed by atoms with Crippen molar-refractivity contribution in [3.8, 4) is 5.75 Å². The van der Waals surface area contributed by atoms with Crippen LogP contribution in [0, 0.1) is 0 Å². The maximum absolute atomic E-state index is 13.2. The summed E-state index contributed by atoms with van der Waals surface area (Å²) in [7, 11) is -1.29. The fourth-order valence-electron chi connectivity index (χ4n) is 3.23. The lowest BCUT2D eigenvalue weighted by Gasteiger charge is -2.31. The molecule has 2 atom stereocenters. The first kappa shape index (κ1) is 23.2. The molecule has 1 aliphatic heterocycles. The second kappa shape index (κ2) is 10.2. The minimum atomic E-state index is -2.78. The number of nitrogens with zero attached hydrogens (tertiary/aromatic N) is 1. The van der Waals surface area contributed by atoms with Gasteiger partial charge < -0.3 is 9.47 Å². The van der Waals surface area contributed by atoms with Gasteiger partial charge in [-0.3, -0.25) is 19.9 Å². The molecule has 10 nitrogen and oxygen atoms in total. The van der Waals surface area contributed by atoms with Gasteiger partial charge in [0, 0.05) is 18.5 Å². The van der Waals surface area contributed by atoms with Crippen LogP contribution in [0.3, 0.4) is 0 Å². The lowest BCUT2D eigenvalue weighted by Crippen LogP contribution is -2.63. The summed E-state index contributed by atoms with van der Waals surface area (Å²) in [5.74, 6) is 4.85. The van der Waals surface area contributed by atoms with Gasteiger partial charge in [0.15, 0.2) is 0 Å². The lowest BCUT2D eigenvalue weighted by atomic mass is 10.1. The number of amides is 3. The van der Waals surface area contributed by atoms with E-state index in [-0.39, 0.29) is 25.1 Å². The summed E-state index contributed by atoms with van der Waals surface area (Å²) >= 11 is 0. The molecule has 0 spiro atoms. The third-order valence-corrected chi connectivity index (χ3v) is 6.60. The molecular weight excluding hydrogens is 435 g/mol. The van der Waals surface area contributed by atoms with Crippen molar-refractivity contribution in [1.29, 1.82) is 0 Å². The molecule has 2 aromatic rings. The molecule has 0 bridgehead atoms. The number of hydrogen-bond acceptors (Lipinski definition) is 7. The van der Waals surface area contributed by atoms with Gasteiger partial charge in [0.1, 0.15) is 12.4 Å². The smallest absolute Gasteiger partial charge is 0.497 e. The van der Waals surface area contributed by atoms with E-state index in [0.717, 1.165) is 10.6 Å². The van der Waals surface area contributed by atoms with E-state index in [0.29, 0.717) is 12.2 Å². The molecule has 2 unspecified atom stereocenters. The van der Waals surface area contributed by atoms with Gasteiger partial charge in [-0.15, -0.1) is 5.09 Å². The van der Waals surface area contributed by atoms with E-state index < -0.39 is 31.1 Å². The Morgan fingerprint density at radius 1 is 1.16 bits per heavy atom. The average molecular weight is 459 g/mol. The molecule has 1 heterocycles. The Balaban J connectivity index is 1.75. The van der Waals surface area contributed by atoms with Crippen molar-refractivity contribution in [3.05, 3.63) is 65.7 Å². The number of carbonyl (C=O) groups excluding carboxylic acids is 3. The van der Waals surface area contributed by atoms with Gasteiger partial charge in [0.2, 0.25) is 0 Å². The average Bonchev–Trinajstić information content (AvgIpc) is 2.81. The molecule has 1 saturated heterocycles. The number of ether oxygens (including phenoxy) is 2. The van der Waals surface area contributed by atoms with Crippen LogP contribution in [0.4, 0.5) is 4.79 Å². The number of alkyl carbamates (subject to hydrolysis) is 1. The minimum Gasteiger partial charge on any atom is -0.497 e. The first-order chi connectivity index (χ1) is 15.4. The van der Waals surface area contributed by atoms with Gasteiger partial charge in [-0.2, -0.15) is 0 Å². The molecule has 0 aliphatic carbocycles. The minimum absolute atomic E-state index is 0.0259. The molecule has 2 aromatic carbocycles. The maximum atomic E-state index is 13.2. The molecule has 1 aliphatic rings. The van der Waals surface area contributed by atoms with Crippen LogP contribution < -0.4 is 21.0 Å². The highest BCUT2D eigenvalue weighted by molar-refractivity contribution is 7.46. The van der Waals surface area contributed by atoms with Gasteiger partial charge in [-0.25, -0.2) is 10.6 Å². The highest BCUT2D eigenvalue weighted by Gasteiger charge is 2.62. The van der Waals surface area contributed by atoms with Gasteiger partial charge in [-0.05, 0) is 40.8 Å². The number of piperidine rings is 1. The summed E-state index contributed by atoms with van der Waals surface area (Å²) < 4.78 is 23.4. The zero-order chi connectivity index (χ0) is 23.1. The Hall–Kier alpha value is -3.49. The van der Waals surface area contributed by atoms with E-state index in [9.17, 15) is 18.9 Å². The van der Waals surface area contributed by atoms with Crippen LogP contribution in [0.2, 0.25) is 0 Å². The molecule has 4 N–H and O–H groups in total. The Labute approximate surface area is 185 Å². The number of nitrogens with one attached hydrogen (secondary N) is 2. The zero-order valence-electron chi connectivity index (χ0n) is 17.4. The van der Waals surface area contributed by atoms with Crippen molar-refractivity contribution in [2.24, 2.45) is 5.84 Å². The summed E-state index contributed by atoms with van der Waals surface area (Å²) in [5, 5.41) is 3.70. The van der Waals surface area contributed by atoms with E-state index in [1.54, 1.807) is 36.4 Å². The summed E-state index contributed by atoms with van der Waals surface area (Å²) in [6.45, 7) is 0.190. The van der Waals surface area contributed by atoms with E-state index >= 15 is 0 Å². The predicted molar refractivity (Wildman–Crippen MR) is 116 cm³/mol. The maximum Gasteiger partial charge on any atom is 0.501 e. The normalized spacial score (nSPS) is 18.5. The highest BCUT2D eigenvalue weighted by Crippen LogP contribution is 2.41. The van der Waals surface area contributed by atoms with Crippen LogP contribution in [-0.4, -0.2) is 41.9 Å². The van der Waals surface area contributed by atoms with Crippen molar-refractivity contribution in [1.82, 2.24) is 15.4 Å². The van der Waals surface area contributed by atoms with Crippen LogP contribution in [0.1, 0.15) is 28.8 Å². The fraction of sp³-hybridized carbons (Fsp3) is 0.286. The predicted octanol–water partition coefficient (Wildman–Crippen LogP) is 2.29. The van der Waals surface area contributed by atoms with Crippen molar-refractivity contribution >= 4 is 25.9 Å². The third-order valence-electron chi connectivity index (χ3n) is 4.98. The SMILES string of the molecule is COc1ccc(C(=O)N[P+](=O)C2(NC(=O)OCc3ccccc3)CCCN(N)C2=O)cc1. The molecule has 0 aromatic heterocycles. The first-order valence-corrected chi connectivity index (χ1v) is 11.1. The van der Waals surface area contributed by atoms with Crippen molar-refractivity contribution in [2.45, 2.75) is 24.7 Å². The van der Waals surface area contributed by atoms with Gasteiger partial charge in [0.25, 0.3) is 5.91 Å². The Bertz CT molecular complexity index is 1000. The van der Waals surface area contributed by atoms with Gasteiger partial charge >= 0.3 is 25.2 Å². The Kier molecular flexibility index (Phi) is 7.40. The number of nitrogens with two attached hydrogens (primary N) is 1. The highest BCUT2D eigenvalue weighted by atomic mass is 31.1. The summed E-state index contributed by atoms with van der Waals surface area (Å²) in [6.07, 6.45) is -0.543. The number of hydrazine groups is 1. The van der Waals surface area contributed by atoms with E-state index in [4.69, 9.17) is 15.3 Å². The van der Waals surface area contributed by atoms with Crippen LogP contribution in [0.5, 0.6) is 5.75 Å². The number of methoxy groups -OCH3 is 1. The zero-order valence-corrected chi connectivity index (χ0v) is 18.3. The van der Waals surface area contributed by atoms with E-state index in [1.165, 1.54) is 19.2 Å². The molecular formula is C21H24N4O6P+. The number of rotatable bonds is 7. The van der Waals surface area contributed by atoms with Crippen molar-refractivity contribution in [2.75, 3.05) is 13.7 Å². The Morgan fingerprint density at radius 3 is 2.50 bits per heavy atom. The van der Waals surface area contributed by atoms with Crippen LogP contribution >= 0.6 is 7.95 Å². The van der Waals surface area contributed by atoms with Crippen LogP contribution in [-0.2, 0) is 20.7 Å². The standard InChI is InChI=1S/C21H23N4O6P/c1-30-17-10-8-16(9-11-17)18(26)24-32(29)21(12-5-13-25(22)19(21)27)23-20(28)31-14-15-6-3-2-4-7-15/h2-4,6-11H,5,12-14,22H2,1H3,(H-,23,24,26,28,29)/p+1. The lowest BCUT2D eigenvalue weighted by molar-refractivity contribution is -0.138. The second-order valence-electron chi connectivity index (χ2n) is 7.11. The number of hydrogen-bond donors (Lipinski definition) is 3. The molecule has 168 valence electrons. The van der Waals surface area contributed by atoms with Crippen molar-refractivity contribution in [3.63, 3.8) is 0 Å². The van der Waals surface area contributed by atoms with Crippen molar-refractivity contribution < 1.29 is 28.4 Å². The molecule has 32 heavy (non-hydrogen) atoms. The molecule has 11 heteroatoms. The van der Waals surface area contributed by atoms with Crippen LogP contribution in [0.25, 0.3) is 0 Å². The van der Waals surface area contributed by atoms with Gasteiger partial charge in [0.05, 0.1) is 7.11 Å². The van der Waals surface area contributed by atoms with E-state index in [2.05, 4.69) is 10.4 Å². The quantitative estimate of drug-likeness (QED) is 0.328. The second-order valence-corrected chi connectivity index (χ2v) is 8.69. The summed E-state index contributed by atoms with van der Waals surface area (Å²) in [6, 6.07) is 15.1. The molecule has 3 rings (SSSR count). The largest absolute Gasteiger partial charge is 0.501 e. The monoisotopic (exact) mass is 459 g/mol. The summed E-state index contributed by atoms with van der Waals surface area (Å²) in [5.41, 5.74) is 0.952. The fourth-order valence-corrected chi connectivity index (χ4v) is 4.59. The first-order valence-electron chi connectivity index (χ1n) is 9.83. The van der Waals surface area contributed by atoms with Gasteiger partial charge in [-0.1, -0.05) is 30.3 Å². The Morgan fingerprint density at radius 2 is 1.84 bits per heavy atom. The molecule has 1 fully saturated rings. The van der Waals surface area contributed by atoms with Crippen LogP contribution in [0.15, 0.2) is 54.6 Å². The molecule has 0 radical (unpaired) electrons. The topological polar surface area (TPSA) is 140 Å².